The molecule has 0 spiro atoms. The normalized spacial score (nSPS) is 19.9. The van der Waals surface area contributed by atoms with E-state index in [1.54, 1.807) is 0 Å². The highest BCUT2D eigenvalue weighted by atomic mass is 32.2. The molecular formula is C10H19NS. The molecule has 1 aliphatic heterocycles. The predicted molar refractivity (Wildman–Crippen MR) is 57.8 cm³/mol. The second-order valence-electron chi connectivity index (χ2n) is 3.72. The van der Waals surface area contributed by atoms with Crippen LogP contribution in [-0.4, -0.2) is 36.0 Å². The van der Waals surface area contributed by atoms with E-state index >= 15 is 0 Å². The average molecular weight is 185 g/mol. The summed E-state index contributed by atoms with van der Waals surface area (Å²) in [4.78, 5) is 2.45. The SMILES string of the molecule is C=C(C)CN(C)C1CCSCC1. The third-order valence-electron chi connectivity index (χ3n) is 2.33. The van der Waals surface area contributed by atoms with Gasteiger partial charge in [-0.1, -0.05) is 12.2 Å². The van der Waals surface area contributed by atoms with Gasteiger partial charge in [-0.3, -0.25) is 4.90 Å². The van der Waals surface area contributed by atoms with E-state index in [1.807, 2.05) is 0 Å². The van der Waals surface area contributed by atoms with E-state index in [4.69, 9.17) is 0 Å². The molecule has 0 N–H and O–H groups in total. The van der Waals surface area contributed by atoms with E-state index in [2.05, 4.69) is 37.2 Å². The molecular weight excluding hydrogens is 166 g/mol. The molecule has 0 saturated carbocycles. The van der Waals surface area contributed by atoms with Gasteiger partial charge in [0.15, 0.2) is 0 Å². The lowest BCUT2D eigenvalue weighted by Gasteiger charge is -2.30. The summed E-state index contributed by atoms with van der Waals surface area (Å²) in [6.07, 6.45) is 2.71. The summed E-state index contributed by atoms with van der Waals surface area (Å²) in [7, 11) is 2.22. The molecule has 0 atom stereocenters. The molecule has 0 aromatic carbocycles. The van der Waals surface area contributed by atoms with Crippen molar-refractivity contribution >= 4 is 11.8 Å². The van der Waals surface area contributed by atoms with E-state index in [0.29, 0.717) is 0 Å². The van der Waals surface area contributed by atoms with Crippen molar-refractivity contribution in [3.8, 4) is 0 Å². The molecule has 0 unspecified atom stereocenters. The van der Waals surface area contributed by atoms with Gasteiger partial charge >= 0.3 is 0 Å². The number of nitrogens with zero attached hydrogens (tertiary/aromatic N) is 1. The van der Waals surface area contributed by atoms with Gasteiger partial charge in [0.2, 0.25) is 0 Å². The predicted octanol–water partition coefficient (Wildman–Crippen LogP) is 2.39. The van der Waals surface area contributed by atoms with Gasteiger partial charge in [0.1, 0.15) is 0 Å². The van der Waals surface area contributed by atoms with E-state index in [0.717, 1.165) is 12.6 Å². The van der Waals surface area contributed by atoms with Gasteiger partial charge in [-0.2, -0.15) is 11.8 Å². The first-order valence-electron chi connectivity index (χ1n) is 4.62. The van der Waals surface area contributed by atoms with Crippen LogP contribution in [0, 0.1) is 0 Å². The highest BCUT2D eigenvalue weighted by molar-refractivity contribution is 7.99. The summed E-state index contributed by atoms with van der Waals surface area (Å²) in [5.74, 6) is 2.68. The van der Waals surface area contributed by atoms with Crippen molar-refractivity contribution in [1.82, 2.24) is 4.90 Å². The van der Waals surface area contributed by atoms with E-state index in [9.17, 15) is 0 Å². The van der Waals surface area contributed by atoms with Crippen LogP contribution in [0.5, 0.6) is 0 Å². The Morgan fingerprint density at radius 3 is 2.58 bits per heavy atom. The van der Waals surface area contributed by atoms with Crippen LogP contribution in [0.3, 0.4) is 0 Å². The number of hydrogen-bond donors (Lipinski definition) is 0. The Morgan fingerprint density at radius 2 is 2.08 bits per heavy atom. The van der Waals surface area contributed by atoms with Crippen molar-refractivity contribution in [1.29, 1.82) is 0 Å². The summed E-state index contributed by atoms with van der Waals surface area (Å²) < 4.78 is 0. The van der Waals surface area contributed by atoms with Gasteiger partial charge in [-0.25, -0.2) is 0 Å². The van der Waals surface area contributed by atoms with Crippen molar-refractivity contribution in [2.24, 2.45) is 0 Å². The molecule has 1 aliphatic rings. The van der Waals surface area contributed by atoms with E-state index in [1.165, 1.54) is 29.9 Å². The third kappa shape index (κ3) is 3.20. The summed E-state index contributed by atoms with van der Waals surface area (Å²) in [5.41, 5.74) is 1.27. The topological polar surface area (TPSA) is 3.24 Å². The van der Waals surface area contributed by atoms with Crippen LogP contribution in [0.25, 0.3) is 0 Å². The quantitative estimate of drug-likeness (QED) is 0.621. The minimum atomic E-state index is 0.808. The van der Waals surface area contributed by atoms with Crippen LogP contribution in [0.15, 0.2) is 12.2 Å². The molecule has 1 rings (SSSR count). The van der Waals surface area contributed by atoms with Crippen molar-refractivity contribution in [2.45, 2.75) is 25.8 Å². The first-order valence-corrected chi connectivity index (χ1v) is 5.78. The molecule has 12 heavy (non-hydrogen) atoms. The third-order valence-corrected chi connectivity index (χ3v) is 3.38. The number of rotatable bonds is 3. The second-order valence-corrected chi connectivity index (χ2v) is 4.94. The van der Waals surface area contributed by atoms with Gasteiger partial charge < -0.3 is 0 Å². The molecule has 70 valence electrons. The molecule has 0 radical (unpaired) electrons. The van der Waals surface area contributed by atoms with Gasteiger partial charge in [-0.05, 0) is 38.3 Å². The van der Waals surface area contributed by atoms with Gasteiger partial charge in [0.25, 0.3) is 0 Å². The van der Waals surface area contributed by atoms with Gasteiger partial charge in [-0.15, -0.1) is 0 Å². The average Bonchev–Trinajstić information content (AvgIpc) is 2.05. The van der Waals surface area contributed by atoms with Gasteiger partial charge in [0.05, 0.1) is 0 Å². The highest BCUT2D eigenvalue weighted by Crippen LogP contribution is 2.20. The van der Waals surface area contributed by atoms with Crippen LogP contribution in [0.2, 0.25) is 0 Å². The largest absolute Gasteiger partial charge is 0.299 e. The fourth-order valence-electron chi connectivity index (χ4n) is 1.68. The number of hydrogen-bond acceptors (Lipinski definition) is 2. The minimum Gasteiger partial charge on any atom is -0.299 e. The summed E-state index contributed by atoms with van der Waals surface area (Å²) >= 11 is 2.09. The van der Waals surface area contributed by atoms with Crippen LogP contribution in [0.1, 0.15) is 19.8 Å². The maximum absolute atomic E-state index is 3.94. The molecule has 1 heterocycles. The Balaban J connectivity index is 2.29. The molecule has 2 heteroatoms. The first kappa shape index (κ1) is 10.1. The number of likely N-dealkylation sites (N-methyl/N-ethyl adjacent to an activating group) is 1. The van der Waals surface area contributed by atoms with Crippen LogP contribution in [0.4, 0.5) is 0 Å². The van der Waals surface area contributed by atoms with E-state index < -0.39 is 0 Å². The molecule has 1 nitrogen and oxygen atoms in total. The van der Waals surface area contributed by atoms with Crippen molar-refractivity contribution in [3.63, 3.8) is 0 Å². The molecule has 1 fully saturated rings. The number of thioether (sulfide) groups is 1. The lowest BCUT2D eigenvalue weighted by Crippen LogP contribution is -2.35. The standard InChI is InChI=1S/C10H19NS/c1-9(2)8-11(3)10-4-6-12-7-5-10/h10H,1,4-8H2,2-3H3. The highest BCUT2D eigenvalue weighted by Gasteiger charge is 2.17. The summed E-state index contributed by atoms with van der Waals surface area (Å²) in [6.45, 7) is 7.11. The van der Waals surface area contributed by atoms with Gasteiger partial charge in [0, 0.05) is 12.6 Å². The molecule has 0 bridgehead atoms. The van der Waals surface area contributed by atoms with Crippen molar-refractivity contribution in [2.75, 3.05) is 25.1 Å². The Bertz CT molecular complexity index is 150. The maximum atomic E-state index is 3.94. The lowest BCUT2D eigenvalue weighted by atomic mass is 10.1. The molecule has 0 aromatic heterocycles. The lowest BCUT2D eigenvalue weighted by molar-refractivity contribution is 0.247. The minimum absolute atomic E-state index is 0.808. The Hall–Kier alpha value is 0.0500. The Labute approximate surface area is 80.2 Å². The first-order chi connectivity index (χ1) is 5.70. The molecule has 0 amide bonds. The Morgan fingerprint density at radius 1 is 1.50 bits per heavy atom. The monoisotopic (exact) mass is 185 g/mol. The van der Waals surface area contributed by atoms with Crippen molar-refractivity contribution in [3.05, 3.63) is 12.2 Å². The van der Waals surface area contributed by atoms with Crippen LogP contribution >= 0.6 is 11.8 Å². The van der Waals surface area contributed by atoms with E-state index in [-0.39, 0.29) is 0 Å². The van der Waals surface area contributed by atoms with Crippen molar-refractivity contribution < 1.29 is 0 Å². The summed E-state index contributed by atoms with van der Waals surface area (Å²) in [6, 6.07) is 0.808. The zero-order valence-corrected chi connectivity index (χ0v) is 8.99. The second kappa shape index (κ2) is 4.93. The fraction of sp³-hybridized carbons (Fsp3) is 0.800. The van der Waals surface area contributed by atoms with Crippen LogP contribution < -0.4 is 0 Å². The summed E-state index contributed by atoms with van der Waals surface area (Å²) in [5, 5.41) is 0. The fourth-order valence-corrected chi connectivity index (χ4v) is 2.76. The smallest absolute Gasteiger partial charge is 0.0187 e. The maximum Gasteiger partial charge on any atom is 0.0187 e. The molecule has 1 saturated heterocycles. The molecule has 0 aromatic rings. The Kier molecular flexibility index (Phi) is 4.16. The zero-order chi connectivity index (χ0) is 8.97. The van der Waals surface area contributed by atoms with Crippen LogP contribution in [-0.2, 0) is 0 Å². The molecule has 0 aliphatic carbocycles. The zero-order valence-electron chi connectivity index (χ0n) is 8.18.